The molecule has 0 spiro atoms. The first kappa shape index (κ1) is 28.0. The zero-order valence-electron chi connectivity index (χ0n) is 27.6. The summed E-state index contributed by atoms with van der Waals surface area (Å²) in [6.45, 7) is 0. The van der Waals surface area contributed by atoms with Gasteiger partial charge in [0.15, 0.2) is 0 Å². The summed E-state index contributed by atoms with van der Waals surface area (Å²) < 4.78 is 0. The third-order valence-electron chi connectivity index (χ3n) is 10.5. The van der Waals surface area contributed by atoms with Crippen molar-refractivity contribution in [3.8, 4) is 33.6 Å². The van der Waals surface area contributed by atoms with Gasteiger partial charge < -0.3 is 4.90 Å². The monoisotopic (exact) mass is 647 g/mol. The van der Waals surface area contributed by atoms with Crippen LogP contribution in [0.2, 0.25) is 0 Å². The van der Waals surface area contributed by atoms with Crippen molar-refractivity contribution in [2.75, 3.05) is 4.90 Å². The summed E-state index contributed by atoms with van der Waals surface area (Å²) in [6, 6.07) is 63.2. The lowest BCUT2D eigenvalue weighted by Gasteiger charge is -2.36. The molecule has 0 bridgehead atoms. The van der Waals surface area contributed by atoms with Gasteiger partial charge in [0, 0.05) is 27.5 Å². The first-order chi connectivity index (χ1) is 25.3. The van der Waals surface area contributed by atoms with Crippen LogP contribution in [0.15, 0.2) is 176 Å². The molecule has 1 aliphatic heterocycles. The lowest BCUT2D eigenvalue weighted by Crippen LogP contribution is -2.17. The van der Waals surface area contributed by atoms with E-state index in [-0.39, 0.29) is 0 Å². The number of hydrogen-bond acceptors (Lipinski definition) is 3. The Kier molecular flexibility index (Phi) is 5.96. The Morgan fingerprint density at radius 1 is 0.333 bits per heavy atom. The average Bonchev–Trinajstić information content (AvgIpc) is 3.20. The standard InChI is InChI=1S/C48H29N3/c1-2-15-34-29-44(51-43-25-11-18-32-17-10-21-37(45(32)43)39-27-26-31-13-4-6-20-36(31)48(39)51)40(28-33(34)14-1)47-46(49-41-23-7-8-24-42(41)50-47)38-22-9-16-30-12-3-5-19-35(30)38/h1-29H. The lowest BCUT2D eigenvalue weighted by molar-refractivity contribution is 1.27. The van der Waals surface area contributed by atoms with Gasteiger partial charge in [0.05, 0.1) is 39.5 Å². The maximum Gasteiger partial charge on any atom is 0.0994 e. The van der Waals surface area contributed by atoms with E-state index >= 15 is 0 Å². The van der Waals surface area contributed by atoms with E-state index in [1.54, 1.807) is 0 Å². The van der Waals surface area contributed by atoms with Gasteiger partial charge in [-0.25, -0.2) is 9.97 Å². The molecule has 0 unspecified atom stereocenters. The smallest absolute Gasteiger partial charge is 0.0994 e. The van der Waals surface area contributed by atoms with E-state index in [0.29, 0.717) is 0 Å². The second kappa shape index (κ2) is 10.8. The van der Waals surface area contributed by atoms with E-state index in [1.807, 2.05) is 12.1 Å². The zero-order valence-corrected chi connectivity index (χ0v) is 27.6. The molecule has 0 N–H and O–H groups in total. The molecular formula is C48H29N3. The fraction of sp³-hybridized carbons (Fsp3) is 0. The summed E-state index contributed by atoms with van der Waals surface area (Å²) in [5, 5.41) is 9.54. The Hall–Kier alpha value is -6.84. The van der Waals surface area contributed by atoms with Gasteiger partial charge in [-0.2, -0.15) is 0 Å². The number of nitrogens with zero attached hydrogens (tertiary/aromatic N) is 3. The van der Waals surface area contributed by atoms with Crippen molar-refractivity contribution >= 4 is 71.2 Å². The Morgan fingerprint density at radius 2 is 0.882 bits per heavy atom. The molecule has 0 saturated carbocycles. The minimum Gasteiger partial charge on any atom is -0.308 e. The molecule has 11 rings (SSSR count). The molecule has 1 aromatic heterocycles. The molecule has 236 valence electrons. The summed E-state index contributed by atoms with van der Waals surface area (Å²) in [7, 11) is 0. The van der Waals surface area contributed by atoms with Crippen LogP contribution in [0, 0.1) is 0 Å². The lowest BCUT2D eigenvalue weighted by atomic mass is 9.87. The van der Waals surface area contributed by atoms with Crippen molar-refractivity contribution < 1.29 is 0 Å². The highest BCUT2D eigenvalue weighted by Gasteiger charge is 2.30. The number of benzene rings is 9. The minimum atomic E-state index is 0.860. The Labute approximate surface area is 294 Å². The second-order valence-corrected chi connectivity index (χ2v) is 13.4. The SMILES string of the molecule is c1ccc2cc(N3c4c(ccc5ccccc45)-c4cccc5cccc3c45)c(-c3nc4ccccc4nc3-c3cccc4ccccc34)cc2c1. The Balaban J connectivity index is 1.31. The second-order valence-electron chi connectivity index (χ2n) is 13.4. The molecular weight excluding hydrogens is 619 g/mol. The van der Waals surface area contributed by atoms with E-state index in [9.17, 15) is 0 Å². The van der Waals surface area contributed by atoms with Crippen molar-refractivity contribution in [2.45, 2.75) is 0 Å². The van der Waals surface area contributed by atoms with Crippen LogP contribution in [-0.4, -0.2) is 9.97 Å². The maximum absolute atomic E-state index is 5.51. The summed E-state index contributed by atoms with van der Waals surface area (Å²) in [6.07, 6.45) is 0. The Bertz CT molecular complexity index is 3040. The highest BCUT2D eigenvalue weighted by Crippen LogP contribution is 2.55. The summed E-state index contributed by atoms with van der Waals surface area (Å²) in [4.78, 5) is 13.4. The molecule has 3 heteroatoms. The number of rotatable bonds is 3. The highest BCUT2D eigenvalue weighted by atomic mass is 15.2. The van der Waals surface area contributed by atoms with Crippen LogP contribution in [0.1, 0.15) is 0 Å². The quantitative estimate of drug-likeness (QED) is 0.191. The van der Waals surface area contributed by atoms with E-state index in [1.165, 1.54) is 49.1 Å². The third-order valence-corrected chi connectivity index (χ3v) is 10.5. The summed E-state index contributed by atoms with van der Waals surface area (Å²) in [5.74, 6) is 0. The maximum atomic E-state index is 5.51. The van der Waals surface area contributed by atoms with Gasteiger partial charge in [-0.05, 0) is 68.2 Å². The van der Waals surface area contributed by atoms with E-state index < -0.39 is 0 Å². The van der Waals surface area contributed by atoms with Gasteiger partial charge in [0.2, 0.25) is 0 Å². The van der Waals surface area contributed by atoms with Gasteiger partial charge in [-0.1, -0.05) is 146 Å². The number of anilines is 3. The van der Waals surface area contributed by atoms with Gasteiger partial charge in [-0.15, -0.1) is 0 Å². The van der Waals surface area contributed by atoms with Gasteiger partial charge in [0.1, 0.15) is 0 Å². The molecule has 0 aliphatic carbocycles. The molecule has 0 saturated heterocycles. The zero-order chi connectivity index (χ0) is 33.5. The first-order valence-corrected chi connectivity index (χ1v) is 17.4. The molecule has 51 heavy (non-hydrogen) atoms. The molecule has 1 aliphatic rings. The van der Waals surface area contributed by atoms with E-state index in [4.69, 9.17) is 9.97 Å². The fourth-order valence-corrected chi connectivity index (χ4v) is 8.23. The van der Waals surface area contributed by atoms with Crippen molar-refractivity contribution in [3.63, 3.8) is 0 Å². The average molecular weight is 648 g/mol. The molecule has 2 heterocycles. The topological polar surface area (TPSA) is 29.0 Å². The first-order valence-electron chi connectivity index (χ1n) is 17.4. The molecule has 0 fully saturated rings. The summed E-state index contributed by atoms with van der Waals surface area (Å²) >= 11 is 0. The van der Waals surface area contributed by atoms with Gasteiger partial charge >= 0.3 is 0 Å². The van der Waals surface area contributed by atoms with Crippen molar-refractivity contribution in [3.05, 3.63) is 176 Å². The molecule has 3 nitrogen and oxygen atoms in total. The molecule has 9 aromatic carbocycles. The normalized spacial score (nSPS) is 12.3. The largest absolute Gasteiger partial charge is 0.308 e. The van der Waals surface area contributed by atoms with Crippen LogP contribution in [-0.2, 0) is 0 Å². The van der Waals surface area contributed by atoms with Crippen molar-refractivity contribution in [1.29, 1.82) is 0 Å². The van der Waals surface area contributed by atoms with Crippen LogP contribution >= 0.6 is 0 Å². The van der Waals surface area contributed by atoms with Crippen LogP contribution in [0.25, 0.3) is 87.8 Å². The van der Waals surface area contributed by atoms with E-state index in [2.05, 4.69) is 169 Å². The number of fused-ring (bicyclic) bond motifs is 7. The number of aromatic nitrogens is 2. The van der Waals surface area contributed by atoms with Crippen molar-refractivity contribution in [2.24, 2.45) is 0 Å². The summed E-state index contributed by atoms with van der Waals surface area (Å²) in [5.41, 5.74) is 11.4. The molecule has 0 amide bonds. The fourth-order valence-electron chi connectivity index (χ4n) is 8.23. The predicted octanol–water partition coefficient (Wildman–Crippen LogP) is 13.0. The van der Waals surface area contributed by atoms with Crippen LogP contribution in [0.4, 0.5) is 17.1 Å². The minimum absolute atomic E-state index is 0.860. The Morgan fingerprint density at radius 3 is 1.65 bits per heavy atom. The van der Waals surface area contributed by atoms with Crippen LogP contribution < -0.4 is 4.90 Å². The van der Waals surface area contributed by atoms with Gasteiger partial charge in [0.25, 0.3) is 0 Å². The van der Waals surface area contributed by atoms with Crippen LogP contribution in [0.3, 0.4) is 0 Å². The highest BCUT2D eigenvalue weighted by molar-refractivity contribution is 6.20. The molecule has 0 atom stereocenters. The molecule has 0 radical (unpaired) electrons. The predicted molar refractivity (Wildman–Crippen MR) is 214 cm³/mol. The van der Waals surface area contributed by atoms with Crippen molar-refractivity contribution in [1.82, 2.24) is 9.97 Å². The van der Waals surface area contributed by atoms with Crippen LogP contribution in [0.5, 0.6) is 0 Å². The number of hydrogen-bond donors (Lipinski definition) is 0. The van der Waals surface area contributed by atoms with E-state index in [0.717, 1.165) is 55.7 Å². The number of para-hydroxylation sites is 2. The molecule has 10 aromatic rings. The van der Waals surface area contributed by atoms with Gasteiger partial charge in [-0.3, -0.25) is 0 Å². The third kappa shape index (κ3) is 4.19.